The van der Waals surface area contributed by atoms with Crippen LogP contribution in [0.1, 0.15) is 54.0 Å². The van der Waals surface area contributed by atoms with E-state index >= 15 is 0 Å². The predicted octanol–water partition coefficient (Wildman–Crippen LogP) is 4.47. The molecule has 1 aromatic rings. The molecule has 0 aliphatic carbocycles. The summed E-state index contributed by atoms with van der Waals surface area (Å²) in [7, 11) is 6.26. The van der Waals surface area contributed by atoms with Gasteiger partial charge < -0.3 is 25.3 Å². The molecule has 2 heterocycles. The summed E-state index contributed by atoms with van der Waals surface area (Å²) in [4.78, 5) is 8.74. The molecule has 1 aliphatic heterocycles. The number of rotatable bonds is 6. The molecule has 0 aromatic carbocycles. The van der Waals surface area contributed by atoms with Crippen LogP contribution in [-0.2, 0) is 24.9 Å². The fraction of sp³-hybridized carbons (Fsp3) is 0.708. The van der Waals surface area contributed by atoms with Crippen LogP contribution < -0.4 is 0 Å². The zero-order valence-electron chi connectivity index (χ0n) is 20.1. The van der Waals surface area contributed by atoms with Gasteiger partial charge in [0.25, 0.3) is 0 Å². The van der Waals surface area contributed by atoms with Crippen LogP contribution in [0, 0.1) is 0 Å². The van der Waals surface area contributed by atoms with E-state index in [0.717, 1.165) is 19.1 Å². The van der Waals surface area contributed by atoms with E-state index in [1.807, 2.05) is 19.4 Å². The van der Waals surface area contributed by atoms with Gasteiger partial charge in [-0.05, 0) is 76.6 Å². The maximum absolute atomic E-state index is 8.49. The quantitative estimate of drug-likeness (QED) is 0.424. The molecule has 2 atom stereocenters. The first-order valence-electron chi connectivity index (χ1n) is 10.4. The van der Waals surface area contributed by atoms with E-state index in [4.69, 9.17) is 10.2 Å². The molecule has 2 unspecified atom stereocenters. The van der Waals surface area contributed by atoms with Gasteiger partial charge in [0, 0.05) is 25.0 Å². The molecule has 0 amide bonds. The first kappa shape index (κ1) is 34.8. The van der Waals surface area contributed by atoms with E-state index < -0.39 is 6.10 Å². The molecule has 0 saturated carbocycles. The minimum absolute atomic E-state index is 0. The number of likely N-dealkylation sites (N-methyl/N-ethyl adjacent to an activating group) is 3. The van der Waals surface area contributed by atoms with Crippen molar-refractivity contribution in [2.45, 2.75) is 66.0 Å². The van der Waals surface area contributed by atoms with Gasteiger partial charge in [-0.25, -0.2) is 0 Å². The Morgan fingerprint density at radius 1 is 1.35 bits per heavy atom. The van der Waals surface area contributed by atoms with Gasteiger partial charge in [0.1, 0.15) is 0 Å². The van der Waals surface area contributed by atoms with Crippen molar-refractivity contribution in [2.24, 2.45) is 0 Å². The van der Waals surface area contributed by atoms with Gasteiger partial charge in [0.2, 0.25) is 0 Å². The van der Waals surface area contributed by atoms with Crippen LogP contribution in [0.2, 0.25) is 0 Å². The van der Waals surface area contributed by atoms with Crippen molar-refractivity contribution in [3.8, 4) is 0 Å². The van der Waals surface area contributed by atoms with Crippen molar-refractivity contribution < 1.29 is 29.7 Å². The van der Waals surface area contributed by atoms with Gasteiger partial charge in [0.15, 0.2) is 0 Å². The van der Waals surface area contributed by atoms with Crippen molar-refractivity contribution in [1.29, 1.82) is 0 Å². The number of aliphatic hydroxyl groups excluding tert-OH is 2. The molecule has 7 heteroatoms. The monoisotopic (exact) mass is 525 g/mol. The first-order chi connectivity index (χ1) is 13.5. The normalized spacial score (nSPS) is 17.0. The average molecular weight is 525 g/mol. The summed E-state index contributed by atoms with van der Waals surface area (Å²) < 4.78 is 0. The SMILES string of the molecule is C.CC(C)(C)c1ccncc1.CC(O)=CC(C)O.C[N-]CCN(C)CC1CCN1C.[Ru+3]. The zero-order valence-corrected chi connectivity index (χ0v) is 21.9. The maximum atomic E-state index is 8.49. The third kappa shape index (κ3) is 18.4. The van der Waals surface area contributed by atoms with E-state index in [9.17, 15) is 0 Å². The number of hydrogen-bond donors (Lipinski definition) is 2. The Hall–Kier alpha value is -0.847. The van der Waals surface area contributed by atoms with Crippen LogP contribution in [0.15, 0.2) is 36.4 Å². The van der Waals surface area contributed by atoms with Gasteiger partial charge in [-0.15, -0.1) is 6.54 Å². The van der Waals surface area contributed by atoms with Crippen LogP contribution in [0.5, 0.6) is 0 Å². The maximum Gasteiger partial charge on any atom is 3.00 e. The Bertz CT molecular complexity index is 558. The summed E-state index contributed by atoms with van der Waals surface area (Å²) in [6.07, 6.45) is 5.86. The Labute approximate surface area is 204 Å². The fourth-order valence-electron chi connectivity index (χ4n) is 2.72. The Morgan fingerprint density at radius 2 is 1.90 bits per heavy atom. The molecule has 0 spiro atoms. The van der Waals surface area contributed by atoms with Gasteiger partial charge in [-0.3, -0.25) is 4.98 Å². The van der Waals surface area contributed by atoms with Crippen molar-refractivity contribution in [1.82, 2.24) is 14.8 Å². The van der Waals surface area contributed by atoms with E-state index in [2.05, 4.69) is 67.1 Å². The summed E-state index contributed by atoms with van der Waals surface area (Å²) in [6.45, 7) is 14.2. The number of allylic oxidation sites excluding steroid dienone is 1. The molecule has 6 nitrogen and oxygen atoms in total. The molecule has 1 saturated heterocycles. The molecule has 0 bridgehead atoms. The predicted molar refractivity (Wildman–Crippen MR) is 130 cm³/mol. The largest absolute Gasteiger partial charge is 3.00 e. The van der Waals surface area contributed by atoms with E-state index in [1.165, 1.54) is 38.1 Å². The molecular formula is C24H47N4O2Ru+2. The molecule has 1 aromatic heterocycles. The van der Waals surface area contributed by atoms with Gasteiger partial charge in [-0.2, -0.15) is 7.05 Å². The topological polar surface area (TPSA) is 73.9 Å². The van der Waals surface area contributed by atoms with Gasteiger partial charge in [-0.1, -0.05) is 28.2 Å². The average Bonchev–Trinajstić information content (AvgIpc) is 2.63. The smallest absolute Gasteiger partial charge is 0.664 e. The molecule has 31 heavy (non-hydrogen) atoms. The number of hydrogen-bond acceptors (Lipinski definition) is 5. The minimum Gasteiger partial charge on any atom is -0.664 e. The molecule has 1 fully saturated rings. The van der Waals surface area contributed by atoms with Crippen LogP contribution in [0.3, 0.4) is 0 Å². The molecule has 1 radical (unpaired) electrons. The van der Waals surface area contributed by atoms with Crippen molar-refractivity contribution in [3.05, 3.63) is 47.2 Å². The second kappa shape index (κ2) is 18.7. The zero-order chi connectivity index (χ0) is 22.4. The first-order valence-corrected chi connectivity index (χ1v) is 10.4. The molecule has 2 N–H and O–H groups in total. The van der Waals surface area contributed by atoms with Crippen LogP contribution >= 0.6 is 0 Å². The standard InChI is InChI=1S/C9H20N3.C9H13N.C5H10O2.CH4.Ru/c1-10-5-7-11(2)8-9-4-6-12(9)3;1-9(2,3)8-4-6-10-7-5-8;1-4(6)3-5(2)7;;/h9H,4-8H2,1-3H3;4-7H,1-3H3;3-4,6-7H,1-2H3;1H4;/q-1;;;;+3. The number of pyridine rings is 1. The number of aromatic nitrogens is 1. The van der Waals surface area contributed by atoms with Crippen molar-refractivity contribution in [3.63, 3.8) is 0 Å². The third-order valence-electron chi connectivity index (χ3n) is 4.69. The van der Waals surface area contributed by atoms with E-state index in [0.29, 0.717) is 0 Å². The Kier molecular flexibility index (Phi) is 21.0. The number of likely N-dealkylation sites (tertiary alicyclic amines) is 1. The second-order valence-corrected chi connectivity index (χ2v) is 8.76. The summed E-state index contributed by atoms with van der Waals surface area (Å²) in [5.74, 6) is 0.162. The van der Waals surface area contributed by atoms with Crippen LogP contribution in [0.25, 0.3) is 5.32 Å². The van der Waals surface area contributed by atoms with Gasteiger partial charge >= 0.3 is 19.5 Å². The van der Waals surface area contributed by atoms with Gasteiger partial charge in [0.05, 0.1) is 11.9 Å². The summed E-state index contributed by atoms with van der Waals surface area (Å²) >= 11 is 0. The Morgan fingerprint density at radius 3 is 2.16 bits per heavy atom. The molecule has 2 rings (SSSR count). The summed E-state index contributed by atoms with van der Waals surface area (Å²) in [5, 5.41) is 21.0. The molecule has 1 aliphatic rings. The van der Waals surface area contributed by atoms with Crippen molar-refractivity contribution in [2.75, 3.05) is 47.3 Å². The van der Waals surface area contributed by atoms with E-state index in [-0.39, 0.29) is 38.1 Å². The number of nitrogens with zero attached hydrogens (tertiary/aromatic N) is 4. The van der Waals surface area contributed by atoms with Crippen LogP contribution in [-0.4, -0.2) is 84.5 Å². The molecule has 181 valence electrons. The Balaban J connectivity index is -0.000000380. The number of aliphatic hydroxyl groups is 2. The third-order valence-corrected chi connectivity index (χ3v) is 4.69. The summed E-state index contributed by atoms with van der Waals surface area (Å²) in [6, 6.07) is 4.91. The fourth-order valence-corrected chi connectivity index (χ4v) is 2.72. The summed E-state index contributed by atoms with van der Waals surface area (Å²) in [5.41, 5.74) is 1.59. The van der Waals surface area contributed by atoms with Crippen LogP contribution in [0.4, 0.5) is 0 Å². The van der Waals surface area contributed by atoms with E-state index in [1.54, 1.807) is 6.92 Å². The van der Waals surface area contributed by atoms with Crippen molar-refractivity contribution >= 4 is 0 Å². The molecular weight excluding hydrogens is 477 g/mol. The minimum atomic E-state index is -0.537. The second-order valence-electron chi connectivity index (χ2n) is 8.76.